The second-order valence-electron chi connectivity index (χ2n) is 4.33. The molecule has 0 fully saturated rings. The molecule has 0 bridgehead atoms. The van der Waals surface area contributed by atoms with Gasteiger partial charge in [0, 0.05) is 13.2 Å². The molecule has 1 aromatic carbocycles. The Bertz CT molecular complexity index is 716. The van der Waals surface area contributed by atoms with Gasteiger partial charge in [-0.1, -0.05) is 17.7 Å². The van der Waals surface area contributed by atoms with E-state index in [1.165, 1.54) is 14.2 Å². The van der Waals surface area contributed by atoms with Gasteiger partial charge in [0.1, 0.15) is 5.69 Å². The number of aromatic amines is 1. The van der Waals surface area contributed by atoms with Crippen molar-refractivity contribution in [3.63, 3.8) is 0 Å². The van der Waals surface area contributed by atoms with Crippen LogP contribution in [0.4, 0.5) is 0 Å². The highest BCUT2D eigenvalue weighted by molar-refractivity contribution is 9.10. The summed E-state index contributed by atoms with van der Waals surface area (Å²) in [7, 11) is 2.63. The van der Waals surface area contributed by atoms with Crippen LogP contribution in [0.5, 0.6) is 0 Å². The largest absolute Gasteiger partial charge is 0.469 e. The lowest BCUT2D eigenvalue weighted by Gasteiger charge is -2.03. The number of halogens is 2. The van der Waals surface area contributed by atoms with Crippen LogP contribution in [0.2, 0.25) is 5.02 Å². The molecular formula is C14H15BrClNO4. The number of benzene rings is 1. The molecule has 0 atom stereocenters. The molecule has 5 nitrogen and oxygen atoms in total. The summed E-state index contributed by atoms with van der Waals surface area (Å²) in [6, 6.07) is 3.53. The van der Waals surface area contributed by atoms with Crippen molar-refractivity contribution in [1.82, 2.24) is 4.98 Å². The summed E-state index contributed by atoms with van der Waals surface area (Å²) in [4.78, 5) is 26.2. The van der Waals surface area contributed by atoms with Crippen molar-refractivity contribution in [1.29, 1.82) is 0 Å². The van der Waals surface area contributed by atoms with Crippen LogP contribution < -0.4 is 0 Å². The van der Waals surface area contributed by atoms with Gasteiger partial charge < -0.3 is 14.5 Å². The number of methoxy groups -OCH3 is 2. The molecule has 2 rings (SSSR count). The van der Waals surface area contributed by atoms with Gasteiger partial charge in [0.2, 0.25) is 0 Å². The molecule has 0 unspecified atom stereocenters. The first-order valence-corrected chi connectivity index (χ1v) is 7.30. The van der Waals surface area contributed by atoms with Crippen molar-refractivity contribution in [2.75, 3.05) is 14.2 Å². The second-order valence-corrected chi connectivity index (χ2v) is 5.53. The Balaban J connectivity index is 0.00000242. The van der Waals surface area contributed by atoms with Crippen molar-refractivity contribution < 1.29 is 20.5 Å². The van der Waals surface area contributed by atoms with Crippen LogP contribution in [0.15, 0.2) is 16.6 Å². The van der Waals surface area contributed by atoms with E-state index in [4.69, 9.17) is 16.3 Å². The third kappa shape index (κ3) is 3.06. The normalized spacial score (nSPS) is 10.7. The zero-order valence-corrected chi connectivity index (χ0v) is 13.8. The van der Waals surface area contributed by atoms with E-state index in [9.17, 15) is 9.59 Å². The summed E-state index contributed by atoms with van der Waals surface area (Å²) in [5.41, 5.74) is 1.72. The van der Waals surface area contributed by atoms with Gasteiger partial charge in [-0.3, -0.25) is 4.79 Å². The predicted octanol–water partition coefficient (Wildman–Crippen LogP) is 3.72. The van der Waals surface area contributed by atoms with Gasteiger partial charge >= 0.3 is 11.9 Å². The fraction of sp³-hybridized carbons (Fsp3) is 0.286. The van der Waals surface area contributed by atoms with Gasteiger partial charge in [0.15, 0.2) is 0 Å². The van der Waals surface area contributed by atoms with Crippen molar-refractivity contribution in [2.24, 2.45) is 0 Å². The van der Waals surface area contributed by atoms with Gasteiger partial charge in [0.25, 0.3) is 0 Å². The Morgan fingerprint density at radius 2 is 2.05 bits per heavy atom. The average molecular weight is 377 g/mol. The van der Waals surface area contributed by atoms with Gasteiger partial charge in [-0.25, -0.2) is 4.79 Å². The standard InChI is InChI=1S/C14H13BrClNO4.H2/c1-20-10(18)6-4-8-7-3-5-9(16)11(15)12(7)17-13(8)14(19)21-2;/h3,5,17H,4,6H2,1-2H3;1H. The molecule has 1 heterocycles. The fourth-order valence-electron chi connectivity index (χ4n) is 2.12. The maximum atomic E-state index is 11.9. The molecule has 0 aliphatic heterocycles. The third-order valence-corrected chi connectivity index (χ3v) is 4.53. The van der Waals surface area contributed by atoms with Crippen LogP contribution in [0, 0.1) is 0 Å². The topological polar surface area (TPSA) is 68.4 Å². The Morgan fingerprint density at radius 3 is 2.67 bits per heavy atom. The Kier molecular flexibility index (Phi) is 4.90. The number of carbonyl (C=O) groups is 2. The lowest BCUT2D eigenvalue weighted by Crippen LogP contribution is -2.07. The molecule has 2 aromatic rings. The van der Waals surface area contributed by atoms with Crippen molar-refractivity contribution in [2.45, 2.75) is 12.8 Å². The Hall–Kier alpha value is -1.53. The van der Waals surface area contributed by atoms with E-state index in [-0.39, 0.29) is 13.8 Å². The molecule has 0 saturated heterocycles. The van der Waals surface area contributed by atoms with Crippen molar-refractivity contribution in [3.8, 4) is 0 Å². The highest BCUT2D eigenvalue weighted by atomic mass is 79.9. The number of H-pyrrole nitrogens is 1. The quantitative estimate of drug-likeness (QED) is 0.826. The minimum Gasteiger partial charge on any atom is -0.469 e. The average Bonchev–Trinajstić information content (AvgIpc) is 2.87. The minimum absolute atomic E-state index is 0. The number of fused-ring (bicyclic) bond motifs is 1. The molecule has 21 heavy (non-hydrogen) atoms. The smallest absolute Gasteiger partial charge is 0.354 e. The van der Waals surface area contributed by atoms with Gasteiger partial charge in [-0.05, 0) is 34.0 Å². The molecule has 1 aromatic heterocycles. The van der Waals surface area contributed by atoms with E-state index in [1.807, 2.05) is 0 Å². The van der Waals surface area contributed by atoms with Crippen LogP contribution in [-0.4, -0.2) is 31.1 Å². The summed E-state index contributed by atoms with van der Waals surface area (Å²) in [6.07, 6.45) is 0.541. The zero-order valence-electron chi connectivity index (χ0n) is 11.5. The summed E-state index contributed by atoms with van der Waals surface area (Å²) in [5, 5.41) is 1.34. The van der Waals surface area contributed by atoms with E-state index < -0.39 is 5.97 Å². The van der Waals surface area contributed by atoms with E-state index >= 15 is 0 Å². The van der Waals surface area contributed by atoms with Crippen LogP contribution in [0.1, 0.15) is 23.9 Å². The summed E-state index contributed by atoms with van der Waals surface area (Å²) >= 11 is 9.44. The maximum absolute atomic E-state index is 11.9. The van der Waals surface area contributed by atoms with E-state index in [0.29, 0.717) is 32.7 Å². The molecule has 7 heteroatoms. The molecule has 114 valence electrons. The highest BCUT2D eigenvalue weighted by Crippen LogP contribution is 2.34. The monoisotopic (exact) mass is 375 g/mol. The van der Waals surface area contributed by atoms with E-state index in [2.05, 4.69) is 25.7 Å². The maximum Gasteiger partial charge on any atom is 0.354 e. The molecule has 0 amide bonds. The summed E-state index contributed by atoms with van der Waals surface area (Å²) in [6.45, 7) is 0. The van der Waals surface area contributed by atoms with Gasteiger partial charge in [0.05, 0.1) is 29.2 Å². The second kappa shape index (κ2) is 6.49. The number of carbonyl (C=O) groups excluding carboxylic acids is 2. The predicted molar refractivity (Wildman–Crippen MR) is 84.8 cm³/mol. The van der Waals surface area contributed by atoms with Crippen LogP contribution >= 0.6 is 27.5 Å². The third-order valence-electron chi connectivity index (χ3n) is 3.17. The molecule has 0 spiro atoms. The lowest BCUT2D eigenvalue weighted by atomic mass is 10.1. The molecule has 0 aliphatic rings. The number of nitrogens with one attached hydrogen (secondary N) is 1. The van der Waals surface area contributed by atoms with Crippen molar-refractivity contribution >= 4 is 50.4 Å². The number of ether oxygens (including phenoxy) is 2. The van der Waals surface area contributed by atoms with Gasteiger partial charge in [-0.2, -0.15) is 0 Å². The first kappa shape index (κ1) is 15.9. The van der Waals surface area contributed by atoms with Crippen LogP contribution in [0.25, 0.3) is 10.9 Å². The number of aromatic nitrogens is 1. The molecular weight excluding hydrogens is 362 g/mol. The molecule has 0 radical (unpaired) electrons. The number of aryl methyl sites for hydroxylation is 1. The van der Waals surface area contributed by atoms with Gasteiger partial charge in [-0.15, -0.1) is 0 Å². The van der Waals surface area contributed by atoms with E-state index in [0.717, 1.165) is 5.39 Å². The summed E-state index contributed by atoms with van der Waals surface area (Å²) in [5.74, 6) is -0.831. The van der Waals surface area contributed by atoms with Crippen molar-refractivity contribution in [3.05, 3.63) is 32.9 Å². The summed E-state index contributed by atoms with van der Waals surface area (Å²) < 4.78 is 10.1. The number of esters is 2. The molecule has 1 N–H and O–H groups in total. The van der Waals surface area contributed by atoms with Crippen LogP contribution in [-0.2, 0) is 20.7 Å². The highest BCUT2D eigenvalue weighted by Gasteiger charge is 2.21. The number of rotatable bonds is 4. The SMILES string of the molecule is COC(=O)CCc1c(C(=O)OC)[nH]c2c(Br)c(Cl)ccc12.[HH]. The number of hydrogen-bond donors (Lipinski definition) is 1. The lowest BCUT2D eigenvalue weighted by molar-refractivity contribution is -0.140. The first-order chi connectivity index (χ1) is 9.99. The first-order valence-electron chi connectivity index (χ1n) is 6.13. The van der Waals surface area contributed by atoms with E-state index in [1.54, 1.807) is 12.1 Å². The minimum atomic E-state index is -0.492. The van der Waals surface area contributed by atoms with Crippen LogP contribution in [0.3, 0.4) is 0 Å². The zero-order chi connectivity index (χ0) is 15.6. The Labute approximate surface area is 136 Å². The molecule has 0 aliphatic carbocycles. The Morgan fingerprint density at radius 1 is 1.33 bits per heavy atom. The molecule has 0 saturated carbocycles. The fourth-order valence-corrected chi connectivity index (χ4v) is 2.73. The number of hydrogen-bond acceptors (Lipinski definition) is 4.